The summed E-state index contributed by atoms with van der Waals surface area (Å²) in [5.74, 6) is -0.505. The lowest BCUT2D eigenvalue weighted by atomic mass is 10.2. The molecule has 0 atom stereocenters. The van der Waals surface area contributed by atoms with Gasteiger partial charge in [0.05, 0.1) is 0 Å². The molecular formula is C17H14BrN3O2. The normalized spacial score (nSPS) is 10.7. The molecule has 0 spiro atoms. The number of halogens is 1. The summed E-state index contributed by atoms with van der Waals surface area (Å²) in [6, 6.07) is 15.6. The number of amides is 1. The van der Waals surface area contributed by atoms with Gasteiger partial charge in [0, 0.05) is 29.0 Å². The monoisotopic (exact) mass is 371 g/mol. The van der Waals surface area contributed by atoms with E-state index in [0.29, 0.717) is 12.2 Å². The van der Waals surface area contributed by atoms with Crippen LogP contribution in [0.15, 0.2) is 64.8 Å². The van der Waals surface area contributed by atoms with E-state index < -0.39 is 5.91 Å². The maximum atomic E-state index is 12.0. The minimum Gasteiger partial charge on any atom is -0.508 e. The van der Waals surface area contributed by atoms with Crippen LogP contribution in [0.3, 0.4) is 0 Å². The van der Waals surface area contributed by atoms with Crippen LogP contribution in [0.1, 0.15) is 5.56 Å². The fourth-order valence-corrected chi connectivity index (χ4v) is 2.26. The van der Waals surface area contributed by atoms with Crippen LogP contribution in [0.4, 0.5) is 5.69 Å². The summed E-state index contributed by atoms with van der Waals surface area (Å²) < 4.78 is 0.948. The molecule has 0 aliphatic carbocycles. The molecule has 0 saturated carbocycles. The summed E-state index contributed by atoms with van der Waals surface area (Å²) >= 11 is 3.43. The predicted octanol–water partition coefficient (Wildman–Crippen LogP) is 3.29. The maximum absolute atomic E-state index is 12.0. The Morgan fingerprint density at radius 1 is 1.26 bits per heavy atom. The van der Waals surface area contributed by atoms with E-state index in [9.17, 15) is 9.90 Å². The zero-order chi connectivity index (χ0) is 16.7. The van der Waals surface area contributed by atoms with Crippen LogP contribution in [0.2, 0.25) is 0 Å². The van der Waals surface area contributed by atoms with Gasteiger partial charge in [0.1, 0.15) is 17.4 Å². The number of nitrogens with one attached hydrogen (secondary N) is 2. The van der Waals surface area contributed by atoms with E-state index in [1.165, 1.54) is 18.3 Å². The SMILES string of the molecule is N#C/C(=C/NCc1ccccc1Br)C(=O)Nc1cccc(O)c1. The molecule has 0 fully saturated rings. The standard InChI is InChI=1S/C17H14BrN3O2/c18-16-7-2-1-4-12(16)10-20-11-13(9-19)17(23)21-14-5-3-6-15(22)8-14/h1-8,11,20,22H,10H2,(H,21,23)/b13-11-. The van der Waals surface area contributed by atoms with Crippen LogP contribution in [0.5, 0.6) is 5.75 Å². The van der Waals surface area contributed by atoms with E-state index in [0.717, 1.165) is 10.0 Å². The number of hydrogen-bond donors (Lipinski definition) is 3. The molecular weight excluding hydrogens is 358 g/mol. The predicted molar refractivity (Wildman–Crippen MR) is 91.4 cm³/mol. The fourth-order valence-electron chi connectivity index (χ4n) is 1.84. The summed E-state index contributed by atoms with van der Waals surface area (Å²) in [6.45, 7) is 0.478. The second kappa shape index (κ2) is 8.01. The Balaban J connectivity index is 2.00. The van der Waals surface area contributed by atoms with Gasteiger partial charge in [0.2, 0.25) is 0 Å². The molecule has 2 aromatic carbocycles. The Morgan fingerprint density at radius 2 is 2.04 bits per heavy atom. The first kappa shape index (κ1) is 16.6. The van der Waals surface area contributed by atoms with Gasteiger partial charge in [-0.1, -0.05) is 40.2 Å². The Kier molecular flexibility index (Phi) is 5.78. The van der Waals surface area contributed by atoms with E-state index in [1.807, 2.05) is 30.3 Å². The van der Waals surface area contributed by atoms with Gasteiger partial charge in [0.25, 0.3) is 5.91 Å². The molecule has 2 aromatic rings. The quantitative estimate of drug-likeness (QED) is 0.556. The molecule has 2 rings (SSSR count). The Bertz CT molecular complexity index is 781. The average molecular weight is 372 g/mol. The zero-order valence-electron chi connectivity index (χ0n) is 12.1. The number of nitriles is 1. The first-order valence-corrected chi connectivity index (χ1v) is 7.57. The number of aromatic hydroxyl groups is 1. The molecule has 5 nitrogen and oxygen atoms in total. The van der Waals surface area contributed by atoms with Gasteiger partial charge in [-0.2, -0.15) is 5.26 Å². The number of anilines is 1. The molecule has 0 aliphatic heterocycles. The third-order valence-electron chi connectivity index (χ3n) is 2.97. The minimum absolute atomic E-state index is 0.0392. The molecule has 0 aliphatic rings. The van der Waals surface area contributed by atoms with E-state index in [1.54, 1.807) is 12.1 Å². The molecule has 6 heteroatoms. The van der Waals surface area contributed by atoms with Crippen LogP contribution in [0, 0.1) is 11.3 Å². The van der Waals surface area contributed by atoms with Gasteiger partial charge in [0.15, 0.2) is 0 Å². The Morgan fingerprint density at radius 3 is 2.74 bits per heavy atom. The van der Waals surface area contributed by atoms with Gasteiger partial charge in [-0.15, -0.1) is 0 Å². The highest BCUT2D eigenvalue weighted by atomic mass is 79.9. The molecule has 0 heterocycles. The number of carbonyl (C=O) groups is 1. The first-order chi connectivity index (χ1) is 11.1. The highest BCUT2D eigenvalue weighted by Crippen LogP contribution is 2.17. The largest absolute Gasteiger partial charge is 0.508 e. The average Bonchev–Trinajstić information content (AvgIpc) is 2.53. The second-order valence-electron chi connectivity index (χ2n) is 4.65. The van der Waals surface area contributed by atoms with Crippen molar-refractivity contribution in [1.29, 1.82) is 5.26 Å². The van der Waals surface area contributed by atoms with Crippen molar-refractivity contribution >= 4 is 27.5 Å². The maximum Gasteiger partial charge on any atom is 0.267 e. The van der Waals surface area contributed by atoms with Crippen LogP contribution in [0.25, 0.3) is 0 Å². The van der Waals surface area contributed by atoms with Gasteiger partial charge >= 0.3 is 0 Å². The van der Waals surface area contributed by atoms with Crippen molar-refractivity contribution < 1.29 is 9.90 Å². The van der Waals surface area contributed by atoms with Crippen LogP contribution >= 0.6 is 15.9 Å². The molecule has 1 amide bonds. The lowest BCUT2D eigenvalue weighted by Crippen LogP contribution is -2.16. The summed E-state index contributed by atoms with van der Waals surface area (Å²) in [5, 5.41) is 24.0. The van der Waals surface area contributed by atoms with Crippen LogP contribution in [-0.2, 0) is 11.3 Å². The topological polar surface area (TPSA) is 85.2 Å². The molecule has 116 valence electrons. The van der Waals surface area contributed by atoms with Crippen molar-refractivity contribution in [3.63, 3.8) is 0 Å². The summed E-state index contributed by atoms with van der Waals surface area (Å²) in [4.78, 5) is 12.0. The van der Waals surface area contributed by atoms with Crippen molar-refractivity contribution in [2.45, 2.75) is 6.54 Å². The molecule has 0 saturated heterocycles. The molecule has 0 aromatic heterocycles. The summed E-state index contributed by atoms with van der Waals surface area (Å²) in [6.07, 6.45) is 1.37. The smallest absolute Gasteiger partial charge is 0.267 e. The molecule has 0 radical (unpaired) electrons. The number of phenolic OH excluding ortho intramolecular Hbond substituents is 1. The van der Waals surface area contributed by atoms with Gasteiger partial charge in [-0.05, 0) is 23.8 Å². The Hall–Kier alpha value is -2.78. The highest BCUT2D eigenvalue weighted by molar-refractivity contribution is 9.10. The van der Waals surface area contributed by atoms with Crippen LogP contribution in [-0.4, -0.2) is 11.0 Å². The third-order valence-corrected chi connectivity index (χ3v) is 3.74. The molecule has 3 N–H and O–H groups in total. The van der Waals surface area contributed by atoms with Crippen molar-refractivity contribution in [2.24, 2.45) is 0 Å². The highest BCUT2D eigenvalue weighted by Gasteiger charge is 2.09. The first-order valence-electron chi connectivity index (χ1n) is 6.77. The minimum atomic E-state index is -0.544. The van der Waals surface area contributed by atoms with E-state index >= 15 is 0 Å². The Labute approximate surface area is 142 Å². The molecule has 23 heavy (non-hydrogen) atoms. The third kappa shape index (κ3) is 4.87. The van der Waals surface area contributed by atoms with E-state index in [2.05, 4.69) is 26.6 Å². The number of rotatable bonds is 5. The van der Waals surface area contributed by atoms with Crippen molar-refractivity contribution in [2.75, 3.05) is 5.32 Å². The van der Waals surface area contributed by atoms with Crippen molar-refractivity contribution in [1.82, 2.24) is 5.32 Å². The summed E-state index contributed by atoms with van der Waals surface area (Å²) in [7, 11) is 0. The van der Waals surface area contributed by atoms with Crippen molar-refractivity contribution in [3.05, 3.63) is 70.3 Å². The number of hydrogen-bond acceptors (Lipinski definition) is 4. The number of carbonyl (C=O) groups excluding carboxylic acids is 1. The number of benzene rings is 2. The van der Waals surface area contributed by atoms with Gasteiger partial charge < -0.3 is 15.7 Å². The molecule has 0 bridgehead atoms. The zero-order valence-corrected chi connectivity index (χ0v) is 13.7. The number of nitrogens with zero attached hydrogens (tertiary/aromatic N) is 1. The molecule has 0 unspecified atom stereocenters. The van der Waals surface area contributed by atoms with E-state index in [-0.39, 0.29) is 11.3 Å². The lowest BCUT2D eigenvalue weighted by molar-refractivity contribution is -0.112. The van der Waals surface area contributed by atoms with Crippen LogP contribution < -0.4 is 10.6 Å². The number of phenols is 1. The second-order valence-corrected chi connectivity index (χ2v) is 5.50. The van der Waals surface area contributed by atoms with Gasteiger partial charge in [-0.3, -0.25) is 4.79 Å². The lowest BCUT2D eigenvalue weighted by Gasteiger charge is -2.06. The fraction of sp³-hybridized carbons (Fsp3) is 0.0588. The van der Waals surface area contributed by atoms with Gasteiger partial charge in [-0.25, -0.2) is 0 Å². The van der Waals surface area contributed by atoms with E-state index in [4.69, 9.17) is 5.26 Å². The summed E-state index contributed by atoms with van der Waals surface area (Å²) in [5.41, 5.74) is 1.37. The van der Waals surface area contributed by atoms with Crippen molar-refractivity contribution in [3.8, 4) is 11.8 Å².